The molecular formula is C27H25ClF3N5O6. The second-order valence-electron chi connectivity index (χ2n) is 10.2. The van der Waals surface area contributed by atoms with E-state index in [1.807, 2.05) is 6.07 Å². The third-order valence-corrected chi connectivity index (χ3v) is 7.75. The first kappa shape index (κ1) is 29.9. The Morgan fingerprint density at radius 1 is 1.12 bits per heavy atom. The molecule has 1 aromatic heterocycles. The maximum Gasteiger partial charge on any atom is 0.259 e. The quantitative estimate of drug-likeness (QED) is 0.306. The number of halogens is 4. The van der Waals surface area contributed by atoms with Crippen molar-refractivity contribution < 1.29 is 43.1 Å². The third-order valence-electron chi connectivity index (χ3n) is 7.53. The number of carbonyl (C=O) groups is 1. The minimum absolute atomic E-state index is 0.137. The largest absolute Gasteiger partial charge is 0.394 e. The molecule has 2 aromatic carbocycles. The minimum Gasteiger partial charge on any atom is -0.394 e. The smallest absolute Gasteiger partial charge is 0.259 e. The second-order valence-corrected chi connectivity index (χ2v) is 10.6. The van der Waals surface area contributed by atoms with E-state index < -0.39 is 72.6 Å². The predicted octanol–water partition coefficient (Wildman–Crippen LogP) is 1.86. The molecule has 0 bridgehead atoms. The van der Waals surface area contributed by atoms with Gasteiger partial charge in [-0.05, 0) is 49.6 Å². The lowest BCUT2D eigenvalue weighted by molar-refractivity contribution is -0.205. The summed E-state index contributed by atoms with van der Waals surface area (Å²) in [6, 6.07) is 5.32. The van der Waals surface area contributed by atoms with Crippen LogP contribution < -0.4 is 4.90 Å². The van der Waals surface area contributed by atoms with Crippen molar-refractivity contribution in [1.82, 2.24) is 15.0 Å². The van der Waals surface area contributed by atoms with Crippen LogP contribution in [0.4, 0.5) is 18.9 Å². The van der Waals surface area contributed by atoms with Gasteiger partial charge >= 0.3 is 0 Å². The lowest BCUT2D eigenvalue weighted by atomic mass is 9.91. The highest BCUT2D eigenvalue weighted by atomic mass is 35.5. The van der Waals surface area contributed by atoms with Gasteiger partial charge in [-0.2, -0.15) is 5.26 Å². The van der Waals surface area contributed by atoms with Crippen molar-refractivity contribution in [2.24, 2.45) is 0 Å². The Kier molecular flexibility index (Phi) is 8.51. The summed E-state index contributed by atoms with van der Waals surface area (Å²) in [5, 5.41) is 60.2. The number of benzene rings is 2. The first-order chi connectivity index (χ1) is 20.0. The van der Waals surface area contributed by atoms with Gasteiger partial charge in [0, 0.05) is 16.3 Å². The summed E-state index contributed by atoms with van der Waals surface area (Å²) in [5.74, 6) is -5.46. The molecule has 5 rings (SSSR count). The molecule has 1 aliphatic heterocycles. The molecule has 0 spiro atoms. The normalized spacial score (nSPS) is 27.5. The molecule has 1 saturated heterocycles. The molecule has 2 fully saturated rings. The van der Waals surface area contributed by atoms with Crippen molar-refractivity contribution in [3.05, 3.63) is 64.6 Å². The number of aromatic nitrogens is 3. The Balaban J connectivity index is 1.52. The fourth-order valence-corrected chi connectivity index (χ4v) is 5.73. The Hall–Kier alpha value is -3.58. The van der Waals surface area contributed by atoms with Gasteiger partial charge in [0.2, 0.25) is 0 Å². The molecule has 11 nitrogen and oxygen atoms in total. The van der Waals surface area contributed by atoms with Crippen molar-refractivity contribution in [3.63, 3.8) is 0 Å². The summed E-state index contributed by atoms with van der Waals surface area (Å²) in [6.45, 7) is -0.772. The average molecular weight is 608 g/mol. The number of anilines is 1. The van der Waals surface area contributed by atoms with Crippen LogP contribution in [0.3, 0.4) is 0 Å². The highest BCUT2D eigenvalue weighted by molar-refractivity contribution is 6.31. The molecule has 4 N–H and O–H groups in total. The molecule has 1 amide bonds. The van der Waals surface area contributed by atoms with Gasteiger partial charge < -0.3 is 30.1 Å². The number of nitrogens with zero attached hydrogens (tertiary/aromatic N) is 5. The zero-order valence-corrected chi connectivity index (χ0v) is 22.4. The Morgan fingerprint density at radius 3 is 2.45 bits per heavy atom. The number of aliphatic hydroxyl groups is 4. The number of hydrogen-bond donors (Lipinski definition) is 4. The van der Waals surface area contributed by atoms with Crippen molar-refractivity contribution in [2.75, 3.05) is 11.5 Å². The summed E-state index contributed by atoms with van der Waals surface area (Å²) in [4.78, 5) is 15.3. The zero-order valence-electron chi connectivity index (χ0n) is 21.7. The fraction of sp³-hybridized carbons (Fsp3) is 0.407. The van der Waals surface area contributed by atoms with Gasteiger partial charge in [0.05, 0.1) is 36.6 Å². The lowest BCUT2D eigenvalue weighted by Gasteiger charge is -2.43. The van der Waals surface area contributed by atoms with Crippen LogP contribution in [0.5, 0.6) is 0 Å². The molecule has 2 heterocycles. The fourth-order valence-electron chi connectivity index (χ4n) is 5.50. The summed E-state index contributed by atoms with van der Waals surface area (Å²) >= 11 is 6.20. The van der Waals surface area contributed by atoms with E-state index >= 15 is 0 Å². The summed E-state index contributed by atoms with van der Waals surface area (Å²) in [5.41, 5.74) is -0.0212. The van der Waals surface area contributed by atoms with E-state index in [9.17, 15) is 43.7 Å². The molecule has 2 aliphatic rings. The topological polar surface area (TPSA) is 165 Å². The molecule has 15 heteroatoms. The van der Waals surface area contributed by atoms with Crippen molar-refractivity contribution in [3.8, 4) is 17.3 Å². The maximum absolute atomic E-state index is 14.1. The molecule has 3 aromatic rings. The predicted molar refractivity (Wildman–Crippen MR) is 139 cm³/mol. The Labute approximate surface area is 241 Å². The molecule has 1 aliphatic carbocycles. The van der Waals surface area contributed by atoms with E-state index in [4.69, 9.17) is 16.3 Å². The van der Waals surface area contributed by atoms with Crippen LogP contribution in [0.1, 0.15) is 30.9 Å². The van der Waals surface area contributed by atoms with Crippen LogP contribution in [0.2, 0.25) is 5.02 Å². The van der Waals surface area contributed by atoms with E-state index in [-0.39, 0.29) is 27.5 Å². The molecular weight excluding hydrogens is 583 g/mol. The van der Waals surface area contributed by atoms with E-state index in [0.29, 0.717) is 31.4 Å². The van der Waals surface area contributed by atoms with Gasteiger partial charge in [0.1, 0.15) is 30.0 Å². The highest BCUT2D eigenvalue weighted by Crippen LogP contribution is 2.36. The number of carbonyl (C=O) groups excluding carboxylic acids is 1. The minimum atomic E-state index is -1.82. The third kappa shape index (κ3) is 5.47. The van der Waals surface area contributed by atoms with Gasteiger partial charge in [0.25, 0.3) is 5.91 Å². The average Bonchev–Trinajstić information content (AvgIpc) is 3.61. The van der Waals surface area contributed by atoms with E-state index in [1.165, 1.54) is 23.1 Å². The number of aliphatic hydroxyl groups excluding tert-OH is 4. The van der Waals surface area contributed by atoms with Crippen LogP contribution in [0.15, 0.2) is 36.5 Å². The van der Waals surface area contributed by atoms with Crippen molar-refractivity contribution in [1.29, 1.82) is 5.26 Å². The molecule has 222 valence electrons. The molecule has 42 heavy (non-hydrogen) atoms. The van der Waals surface area contributed by atoms with Gasteiger partial charge in [-0.15, -0.1) is 5.10 Å². The van der Waals surface area contributed by atoms with Gasteiger partial charge in [-0.3, -0.25) is 4.79 Å². The first-order valence-corrected chi connectivity index (χ1v) is 13.3. The van der Waals surface area contributed by atoms with Gasteiger partial charge in [0.15, 0.2) is 23.6 Å². The first-order valence-electron chi connectivity index (χ1n) is 12.9. The van der Waals surface area contributed by atoms with Crippen LogP contribution in [-0.4, -0.2) is 84.5 Å². The Morgan fingerprint density at radius 2 is 1.83 bits per heavy atom. The monoisotopic (exact) mass is 607 g/mol. The highest BCUT2D eigenvalue weighted by Gasteiger charge is 2.51. The molecule has 1 saturated carbocycles. The van der Waals surface area contributed by atoms with Gasteiger partial charge in [-0.1, -0.05) is 16.8 Å². The zero-order chi connectivity index (χ0) is 30.3. The van der Waals surface area contributed by atoms with Crippen molar-refractivity contribution in [2.45, 2.75) is 61.9 Å². The molecule has 7 atom stereocenters. The lowest BCUT2D eigenvalue weighted by Crippen LogP contribution is -2.62. The number of amides is 1. The summed E-state index contributed by atoms with van der Waals surface area (Å²) in [6.07, 6.45) is -5.02. The van der Waals surface area contributed by atoms with Crippen LogP contribution >= 0.6 is 11.6 Å². The summed E-state index contributed by atoms with van der Waals surface area (Å²) < 4.78 is 47.7. The number of hydrogen-bond acceptors (Lipinski definition) is 9. The number of rotatable bonds is 6. The SMILES string of the molecule is N#Cc1cc(Cl)cc(N(C(=O)C2O[C@H](CO)[C@H](O)[C@H](n3cc(-c4cc(F)c(F)c(F)c4)nn3)C2O)[C@H]2CCC[C@@H]2O)c1. The van der Waals surface area contributed by atoms with Crippen molar-refractivity contribution >= 4 is 23.2 Å². The van der Waals surface area contributed by atoms with Crippen LogP contribution in [0.25, 0.3) is 11.3 Å². The summed E-state index contributed by atoms with van der Waals surface area (Å²) in [7, 11) is 0. The molecule has 2 unspecified atom stereocenters. The van der Waals surface area contributed by atoms with Crippen LogP contribution in [0, 0.1) is 28.8 Å². The maximum atomic E-state index is 14.1. The van der Waals surface area contributed by atoms with E-state index in [2.05, 4.69) is 10.3 Å². The molecule has 0 radical (unpaired) electrons. The standard InChI is InChI=1S/C27H25ClF3N5O6/c28-14-4-12(9-32)5-15(8-14)36(19-2-1-3-20(19)38)27(41)26-25(40)23(24(39)21(11-37)42-26)35-10-18(33-34-35)13-6-16(29)22(31)17(30)7-13/h4-8,10,19-21,23-26,37-40H,1-3,11H2/t19-,20-,21+,23-,24-,25?,26?/m0/s1. The number of nitriles is 1. The Bertz CT molecular complexity index is 1510. The van der Waals surface area contributed by atoms with Gasteiger partial charge in [-0.25, -0.2) is 17.9 Å². The second kappa shape index (κ2) is 12.0. The van der Waals surface area contributed by atoms with E-state index in [0.717, 1.165) is 10.9 Å². The van der Waals surface area contributed by atoms with E-state index in [1.54, 1.807) is 0 Å². The van der Waals surface area contributed by atoms with Crippen LogP contribution in [-0.2, 0) is 9.53 Å². The number of ether oxygens (including phenoxy) is 1.